The number of aromatic hydroxyl groups is 1. The van der Waals surface area contributed by atoms with Gasteiger partial charge in [0.05, 0.1) is 24.2 Å². The molecule has 0 spiro atoms. The smallest absolute Gasteiger partial charge is 0.369 e. The van der Waals surface area contributed by atoms with E-state index in [0.29, 0.717) is 19.8 Å². The molecule has 2 heterocycles. The number of nitrogens with zero attached hydrogens (tertiary/aromatic N) is 2. The summed E-state index contributed by atoms with van der Waals surface area (Å²) in [5, 5.41) is 11.3. The fourth-order valence-electron chi connectivity index (χ4n) is 3.62. The summed E-state index contributed by atoms with van der Waals surface area (Å²) in [6, 6.07) is 25.3. The van der Waals surface area contributed by atoms with Gasteiger partial charge in [0, 0.05) is 49.5 Å². The Balaban J connectivity index is 0.000000201. The van der Waals surface area contributed by atoms with Crippen molar-refractivity contribution in [3.63, 3.8) is 0 Å². The number of ether oxygens (including phenoxy) is 3. The van der Waals surface area contributed by atoms with Crippen LogP contribution in [0.1, 0.15) is 16.7 Å². The molecule has 2 aromatic heterocycles. The summed E-state index contributed by atoms with van der Waals surface area (Å²) in [5.41, 5.74) is 4.99. The van der Waals surface area contributed by atoms with Gasteiger partial charge in [0.25, 0.3) is 0 Å². The summed E-state index contributed by atoms with van der Waals surface area (Å²) in [6.07, 6.45) is 3.60. The number of phenolic OH excluding ortho intramolecular Hbond substituents is 1. The number of halogens is 3. The zero-order chi connectivity index (χ0) is 28.0. The molecule has 0 aliphatic rings. The van der Waals surface area contributed by atoms with Crippen LogP contribution in [0.25, 0.3) is 21.8 Å². The molecule has 1 N–H and O–H groups in total. The Hall–Kier alpha value is -2.50. The Morgan fingerprint density at radius 2 is 1.21 bits per heavy atom. The predicted octanol–water partition coefficient (Wildman–Crippen LogP) is 8.20. The first-order chi connectivity index (χ1) is 18.9. The largest absolute Gasteiger partial charge is 0.508 e. The molecule has 5 rings (SSSR count). The third kappa shape index (κ3) is 10.9. The SMILES string of the molecule is BrB(Br)Br.COCc1cnc2cc(O)ccc2c1.COCc1cnc2cc(OCc3ccccc3)ccc2c1. The van der Waals surface area contributed by atoms with Gasteiger partial charge in [0.2, 0.25) is 0 Å². The van der Waals surface area contributed by atoms with E-state index in [1.807, 2.05) is 54.7 Å². The second-order valence-corrected chi connectivity index (χ2v) is 14.7. The molecule has 0 unspecified atom stereocenters. The average Bonchev–Trinajstić information content (AvgIpc) is 2.93. The van der Waals surface area contributed by atoms with E-state index >= 15 is 0 Å². The van der Waals surface area contributed by atoms with Gasteiger partial charge in [0.15, 0.2) is 0 Å². The lowest BCUT2D eigenvalue weighted by Gasteiger charge is -2.08. The Morgan fingerprint density at radius 3 is 1.77 bits per heavy atom. The maximum Gasteiger partial charge on any atom is 0.369 e. The molecule has 0 aliphatic heterocycles. The predicted molar refractivity (Wildman–Crippen MR) is 170 cm³/mol. The van der Waals surface area contributed by atoms with Gasteiger partial charge in [-0.25, -0.2) is 0 Å². The lowest BCUT2D eigenvalue weighted by molar-refractivity contribution is 0.184. The summed E-state index contributed by atoms with van der Waals surface area (Å²) in [6.45, 7) is 1.70. The molecular weight excluding hydrogens is 691 g/mol. The van der Waals surface area contributed by atoms with Crippen molar-refractivity contribution in [1.82, 2.24) is 9.97 Å². The number of phenols is 1. The third-order valence-corrected chi connectivity index (χ3v) is 5.31. The topological polar surface area (TPSA) is 73.7 Å². The number of hydrogen-bond donors (Lipinski definition) is 1. The first-order valence-electron chi connectivity index (χ1n) is 11.9. The van der Waals surface area contributed by atoms with Crippen LogP contribution < -0.4 is 4.74 Å². The Kier molecular flexibility index (Phi) is 13.2. The minimum atomic E-state index is 0.240. The monoisotopic (exact) mass is 716 g/mol. The van der Waals surface area contributed by atoms with Crippen molar-refractivity contribution in [3.05, 3.63) is 108 Å². The highest BCUT2D eigenvalue weighted by molar-refractivity contribution is 9.69. The molecule has 6 nitrogen and oxygen atoms in total. The minimum absolute atomic E-state index is 0.240. The molecule has 0 radical (unpaired) electrons. The van der Waals surface area contributed by atoms with Gasteiger partial charge in [-0.2, -0.15) is 0 Å². The van der Waals surface area contributed by atoms with Crippen LogP contribution in [0.4, 0.5) is 0 Å². The molecule has 39 heavy (non-hydrogen) atoms. The van der Waals surface area contributed by atoms with Crippen LogP contribution >= 0.6 is 47.3 Å². The highest BCUT2D eigenvalue weighted by Crippen LogP contribution is 2.22. The van der Waals surface area contributed by atoms with Crippen LogP contribution in [-0.2, 0) is 29.3 Å². The Bertz CT molecular complexity index is 1460. The van der Waals surface area contributed by atoms with E-state index in [2.05, 4.69) is 75.4 Å². The summed E-state index contributed by atoms with van der Waals surface area (Å²) in [4.78, 5) is 8.68. The van der Waals surface area contributed by atoms with E-state index in [0.717, 1.165) is 44.2 Å². The number of benzene rings is 3. The van der Waals surface area contributed by atoms with E-state index in [1.54, 1.807) is 32.5 Å². The van der Waals surface area contributed by atoms with Crippen LogP contribution in [0.3, 0.4) is 0 Å². The molecule has 0 saturated carbocycles. The van der Waals surface area contributed by atoms with E-state index in [9.17, 15) is 5.11 Å². The second kappa shape index (κ2) is 16.6. The van der Waals surface area contributed by atoms with Gasteiger partial charge < -0.3 is 19.3 Å². The van der Waals surface area contributed by atoms with Crippen molar-refractivity contribution in [1.29, 1.82) is 0 Å². The van der Waals surface area contributed by atoms with Crippen molar-refractivity contribution in [2.24, 2.45) is 0 Å². The second-order valence-electron chi connectivity index (χ2n) is 8.31. The van der Waals surface area contributed by atoms with E-state index in [-0.39, 0.29) is 8.93 Å². The first-order valence-corrected chi connectivity index (χ1v) is 14.7. The first kappa shape index (κ1) is 31.0. The number of aromatic nitrogens is 2. The highest BCUT2D eigenvalue weighted by Gasteiger charge is 2.02. The molecule has 5 aromatic rings. The van der Waals surface area contributed by atoms with Crippen LogP contribution in [0.2, 0.25) is 0 Å². The van der Waals surface area contributed by atoms with Crippen molar-refractivity contribution < 1.29 is 19.3 Å². The van der Waals surface area contributed by atoms with Gasteiger partial charge in [-0.3, -0.25) is 9.97 Å². The van der Waals surface area contributed by atoms with Gasteiger partial charge in [-0.15, -0.1) is 47.3 Å². The number of methoxy groups -OCH3 is 2. The van der Waals surface area contributed by atoms with Gasteiger partial charge in [-0.05, 0) is 53.1 Å². The van der Waals surface area contributed by atoms with Crippen molar-refractivity contribution >= 4 is 72.3 Å². The quantitative estimate of drug-likeness (QED) is 0.171. The maximum absolute atomic E-state index is 9.24. The maximum atomic E-state index is 9.24. The average molecular weight is 719 g/mol. The molecular formula is C29H28BBr3N2O4. The molecule has 0 amide bonds. The molecule has 0 fully saturated rings. The summed E-state index contributed by atoms with van der Waals surface area (Å²) >= 11 is 9.31. The number of rotatable bonds is 7. The molecule has 202 valence electrons. The van der Waals surface area contributed by atoms with Crippen LogP contribution in [-0.4, -0.2) is 32.5 Å². The van der Waals surface area contributed by atoms with Crippen LogP contribution in [0.5, 0.6) is 11.5 Å². The zero-order valence-corrected chi connectivity index (χ0v) is 26.3. The summed E-state index contributed by atoms with van der Waals surface area (Å²) in [5.74, 6) is 1.07. The molecule has 0 atom stereocenters. The standard InChI is InChI=1S/C18H17NO2.C11H11NO2.BBr3/c1-20-12-15-9-16-7-8-17(10-18(16)19-11-15)21-13-14-5-3-2-4-6-14;1-14-7-8-4-9-2-3-10(13)5-11(9)12-6-8;2-1(3)4/h2-11H,12-13H2,1H3;2-6,13H,7H2,1H3;. The molecule has 3 aromatic carbocycles. The van der Waals surface area contributed by atoms with Crippen molar-refractivity contribution in [3.8, 4) is 11.5 Å². The van der Waals surface area contributed by atoms with E-state index in [4.69, 9.17) is 14.2 Å². The molecule has 0 aliphatic carbocycles. The zero-order valence-electron chi connectivity index (χ0n) is 21.6. The fourth-order valence-corrected chi connectivity index (χ4v) is 3.62. The normalized spacial score (nSPS) is 10.3. The molecule has 0 saturated heterocycles. The minimum Gasteiger partial charge on any atom is -0.508 e. The lowest BCUT2D eigenvalue weighted by atomic mass is 10.1. The van der Waals surface area contributed by atoms with Crippen LogP contribution in [0.15, 0.2) is 91.3 Å². The van der Waals surface area contributed by atoms with Crippen LogP contribution in [0, 0.1) is 0 Å². The van der Waals surface area contributed by atoms with Crippen molar-refractivity contribution in [2.75, 3.05) is 14.2 Å². The number of fused-ring (bicyclic) bond motifs is 2. The number of hydrogen-bond acceptors (Lipinski definition) is 6. The molecule has 0 bridgehead atoms. The van der Waals surface area contributed by atoms with E-state index in [1.165, 1.54) is 0 Å². The summed E-state index contributed by atoms with van der Waals surface area (Å²) in [7, 11) is 3.34. The Morgan fingerprint density at radius 1 is 0.667 bits per heavy atom. The fraction of sp³-hybridized carbons (Fsp3) is 0.172. The molecule has 10 heteroatoms. The van der Waals surface area contributed by atoms with Crippen molar-refractivity contribution in [2.45, 2.75) is 19.8 Å². The van der Waals surface area contributed by atoms with Gasteiger partial charge >= 0.3 is 3.18 Å². The Labute approximate surface area is 253 Å². The number of pyridine rings is 2. The van der Waals surface area contributed by atoms with Gasteiger partial charge in [-0.1, -0.05) is 30.3 Å². The van der Waals surface area contributed by atoms with Gasteiger partial charge in [0.1, 0.15) is 18.1 Å². The third-order valence-electron chi connectivity index (χ3n) is 5.31. The lowest BCUT2D eigenvalue weighted by Crippen LogP contribution is -1.95. The highest BCUT2D eigenvalue weighted by atomic mass is 79.9. The van der Waals surface area contributed by atoms with E-state index < -0.39 is 0 Å². The summed E-state index contributed by atoms with van der Waals surface area (Å²) < 4.78 is 16.2.